The fourth-order valence-electron chi connectivity index (χ4n) is 5.89. The van der Waals surface area contributed by atoms with Crippen molar-refractivity contribution in [3.63, 3.8) is 0 Å². The van der Waals surface area contributed by atoms with Crippen LogP contribution in [0.25, 0.3) is 0 Å². The van der Waals surface area contributed by atoms with Crippen molar-refractivity contribution in [3.05, 3.63) is 48.6 Å². The van der Waals surface area contributed by atoms with E-state index in [1.165, 1.54) is 70.6 Å². The van der Waals surface area contributed by atoms with Gasteiger partial charge in [0.1, 0.15) is 12.2 Å². The fourth-order valence-corrected chi connectivity index (χ4v) is 6.67. The Hall–Kier alpha value is -2.07. The molecule has 56 heavy (non-hydrogen) atoms. The minimum Gasteiger partial charge on any atom is -0.457 e. The maximum absolute atomic E-state index is 12.4. The predicted octanol–water partition coefficient (Wildman–Crippen LogP) is 11.7. The first-order valence-corrected chi connectivity index (χ1v) is 23.6. The number of rotatable bonds is 41. The van der Waals surface area contributed by atoms with E-state index < -0.39 is 58.4 Å². The molecule has 0 amide bonds. The van der Waals surface area contributed by atoms with Crippen molar-refractivity contribution >= 4 is 19.8 Å². The Morgan fingerprint density at radius 3 is 1.23 bits per heavy atom. The number of carbonyl (C=O) groups excluding carboxylic acids is 2. The van der Waals surface area contributed by atoms with Gasteiger partial charge in [-0.25, -0.2) is 4.57 Å². The number of allylic oxidation sites excluding steroid dienone is 8. The molecule has 0 aromatic heterocycles. The number of unbranched alkanes of at least 4 members (excludes halogenated alkanes) is 19. The molecule has 3 N–H and O–H groups in total. The van der Waals surface area contributed by atoms with E-state index in [1.807, 2.05) is 0 Å². The largest absolute Gasteiger partial charge is 0.472 e. The third-order valence-corrected chi connectivity index (χ3v) is 10.2. The van der Waals surface area contributed by atoms with Crippen molar-refractivity contribution in [1.29, 1.82) is 0 Å². The quantitative estimate of drug-likeness (QED) is 0.0236. The summed E-state index contributed by atoms with van der Waals surface area (Å²) < 4.78 is 32.6. The molecule has 0 rings (SSSR count). The van der Waals surface area contributed by atoms with Gasteiger partial charge in [-0.05, 0) is 70.6 Å². The van der Waals surface area contributed by atoms with E-state index in [2.05, 4.69) is 62.5 Å². The van der Waals surface area contributed by atoms with E-state index >= 15 is 0 Å². The molecular formula is C45H81O10P. The van der Waals surface area contributed by atoms with Crippen molar-refractivity contribution in [2.45, 2.75) is 199 Å². The minimum atomic E-state index is -4.64. The Morgan fingerprint density at radius 2 is 0.839 bits per heavy atom. The Bertz CT molecular complexity index is 1070. The van der Waals surface area contributed by atoms with Gasteiger partial charge >= 0.3 is 19.8 Å². The highest BCUT2D eigenvalue weighted by atomic mass is 31.2. The Balaban J connectivity index is 3.93. The molecule has 0 saturated heterocycles. The molecule has 11 heteroatoms. The van der Waals surface area contributed by atoms with Crippen LogP contribution in [0.1, 0.15) is 187 Å². The summed E-state index contributed by atoms with van der Waals surface area (Å²) in [6.07, 6.45) is 43.7. The second-order valence-corrected chi connectivity index (χ2v) is 16.1. The standard InChI is InChI=1S/C45H81O10P/c1-3-5-7-9-11-13-15-17-19-20-21-23-25-27-29-31-33-35-37-45(49)55-43(39-47)41-53-56(50,51)52-40-42(38-46)54-44(48)36-34-32-30-28-26-24-22-18-16-14-12-10-8-6-4-2/h6,8,12,14,18-20,22,42-43,46-47H,3-5,7,9-11,13,15-17,21,23-41H2,1-2H3,(H,50,51)/b8-6-,14-12-,20-19-,22-18-. The summed E-state index contributed by atoms with van der Waals surface area (Å²) >= 11 is 0. The summed E-state index contributed by atoms with van der Waals surface area (Å²) in [5.41, 5.74) is 0. The molecule has 0 aliphatic rings. The molecule has 0 bridgehead atoms. The van der Waals surface area contributed by atoms with Crippen molar-refractivity contribution in [1.82, 2.24) is 0 Å². The van der Waals surface area contributed by atoms with Crippen LogP contribution in [0.4, 0.5) is 0 Å². The van der Waals surface area contributed by atoms with E-state index in [0.717, 1.165) is 77.0 Å². The molecule has 0 aromatic rings. The summed E-state index contributed by atoms with van der Waals surface area (Å²) in [6, 6.07) is 0. The van der Waals surface area contributed by atoms with Gasteiger partial charge in [0, 0.05) is 12.8 Å². The van der Waals surface area contributed by atoms with Crippen molar-refractivity contribution in [2.24, 2.45) is 0 Å². The van der Waals surface area contributed by atoms with E-state index in [-0.39, 0.29) is 12.8 Å². The summed E-state index contributed by atoms with van der Waals surface area (Å²) in [5, 5.41) is 19.2. The molecular weight excluding hydrogens is 731 g/mol. The highest BCUT2D eigenvalue weighted by Crippen LogP contribution is 2.43. The third kappa shape index (κ3) is 38.8. The van der Waals surface area contributed by atoms with E-state index in [0.29, 0.717) is 12.8 Å². The van der Waals surface area contributed by atoms with Crippen LogP contribution in [-0.4, -0.2) is 65.7 Å². The lowest BCUT2D eigenvalue weighted by atomic mass is 10.1. The molecule has 0 spiro atoms. The molecule has 0 heterocycles. The lowest BCUT2D eigenvalue weighted by Gasteiger charge is -2.20. The summed E-state index contributed by atoms with van der Waals surface area (Å²) in [7, 11) is -4.64. The normalized spacial score (nSPS) is 14.3. The number of carbonyl (C=O) groups is 2. The van der Waals surface area contributed by atoms with Crippen LogP contribution < -0.4 is 0 Å². The van der Waals surface area contributed by atoms with Gasteiger partial charge in [0.25, 0.3) is 0 Å². The first-order chi connectivity index (χ1) is 27.3. The fraction of sp³-hybridized carbons (Fsp3) is 0.778. The van der Waals surface area contributed by atoms with Gasteiger partial charge in [-0.1, -0.05) is 152 Å². The lowest BCUT2D eigenvalue weighted by molar-refractivity contribution is -0.153. The lowest BCUT2D eigenvalue weighted by Crippen LogP contribution is -2.28. The second kappa shape index (κ2) is 41.1. The van der Waals surface area contributed by atoms with Gasteiger partial charge in [-0.15, -0.1) is 0 Å². The molecule has 0 aliphatic heterocycles. The average Bonchev–Trinajstić information content (AvgIpc) is 3.19. The number of esters is 2. The SMILES string of the molecule is CC/C=C\C/C=C\C/C=C\CCCCCCCC(=O)OC(CO)COP(=O)(O)OCC(CO)OC(=O)CCCCCCCCC/C=C\CCCCCCCCC. The predicted molar refractivity (Wildman–Crippen MR) is 228 cm³/mol. The number of aliphatic hydroxyl groups excluding tert-OH is 2. The average molecular weight is 813 g/mol. The molecule has 0 aromatic carbocycles. The first kappa shape index (κ1) is 53.9. The molecule has 10 nitrogen and oxygen atoms in total. The molecule has 3 unspecified atom stereocenters. The van der Waals surface area contributed by atoms with E-state index in [4.69, 9.17) is 18.5 Å². The van der Waals surface area contributed by atoms with Crippen LogP contribution in [0.5, 0.6) is 0 Å². The van der Waals surface area contributed by atoms with Crippen LogP contribution in [0.3, 0.4) is 0 Å². The molecule has 0 saturated carbocycles. The summed E-state index contributed by atoms with van der Waals surface area (Å²) in [4.78, 5) is 34.5. The summed E-state index contributed by atoms with van der Waals surface area (Å²) in [5.74, 6) is -1.04. The van der Waals surface area contributed by atoms with Crippen molar-refractivity contribution in [3.8, 4) is 0 Å². The monoisotopic (exact) mass is 813 g/mol. The zero-order chi connectivity index (χ0) is 41.2. The van der Waals surface area contributed by atoms with Gasteiger partial charge in [0.2, 0.25) is 0 Å². The van der Waals surface area contributed by atoms with Crippen LogP contribution in [-0.2, 0) is 32.7 Å². The van der Waals surface area contributed by atoms with Gasteiger partial charge in [-0.2, -0.15) is 0 Å². The second-order valence-electron chi connectivity index (χ2n) is 14.6. The van der Waals surface area contributed by atoms with Crippen LogP contribution in [0.15, 0.2) is 48.6 Å². The molecule has 0 radical (unpaired) electrons. The molecule has 3 atom stereocenters. The third-order valence-electron chi connectivity index (χ3n) is 9.28. The number of hydrogen-bond acceptors (Lipinski definition) is 9. The summed E-state index contributed by atoms with van der Waals surface area (Å²) in [6.45, 7) is 2.07. The number of phosphoric acid groups is 1. The van der Waals surface area contributed by atoms with Gasteiger partial charge in [-0.3, -0.25) is 18.6 Å². The number of ether oxygens (including phenoxy) is 2. The van der Waals surface area contributed by atoms with Crippen LogP contribution >= 0.6 is 7.82 Å². The van der Waals surface area contributed by atoms with E-state index in [9.17, 15) is 29.3 Å². The van der Waals surface area contributed by atoms with Crippen molar-refractivity contribution < 1.29 is 47.8 Å². The van der Waals surface area contributed by atoms with Gasteiger partial charge in [0.15, 0.2) is 0 Å². The minimum absolute atomic E-state index is 0.171. The smallest absolute Gasteiger partial charge is 0.457 e. The highest BCUT2D eigenvalue weighted by molar-refractivity contribution is 7.47. The van der Waals surface area contributed by atoms with Crippen LogP contribution in [0.2, 0.25) is 0 Å². The Kier molecular flexibility index (Phi) is 39.6. The maximum Gasteiger partial charge on any atom is 0.472 e. The topological polar surface area (TPSA) is 149 Å². The maximum atomic E-state index is 12.4. The zero-order valence-corrected chi connectivity index (χ0v) is 36.2. The molecule has 0 aliphatic carbocycles. The Labute approximate surface area is 341 Å². The molecule has 0 fully saturated rings. The first-order valence-electron chi connectivity index (χ1n) is 22.1. The van der Waals surface area contributed by atoms with Crippen LogP contribution in [0, 0.1) is 0 Å². The number of hydrogen-bond donors (Lipinski definition) is 3. The molecule has 326 valence electrons. The van der Waals surface area contributed by atoms with E-state index in [1.54, 1.807) is 0 Å². The number of aliphatic hydroxyl groups is 2. The van der Waals surface area contributed by atoms with Gasteiger partial charge in [0.05, 0.1) is 26.4 Å². The highest BCUT2D eigenvalue weighted by Gasteiger charge is 2.27. The van der Waals surface area contributed by atoms with Gasteiger partial charge < -0.3 is 24.6 Å². The van der Waals surface area contributed by atoms with Crippen molar-refractivity contribution in [2.75, 3.05) is 26.4 Å². The zero-order valence-electron chi connectivity index (χ0n) is 35.3. The Morgan fingerprint density at radius 1 is 0.500 bits per heavy atom. The number of phosphoric ester groups is 1.